The predicted octanol–water partition coefficient (Wildman–Crippen LogP) is 3.69. The molecule has 1 saturated heterocycles. The van der Waals surface area contributed by atoms with E-state index in [1.165, 1.54) is 16.9 Å². The largest absolute Gasteiger partial charge is 0.493 e. The van der Waals surface area contributed by atoms with Crippen molar-refractivity contribution in [1.29, 1.82) is 0 Å². The molecule has 1 aliphatic heterocycles. The number of likely N-dealkylation sites (tertiary alicyclic amines) is 1. The van der Waals surface area contributed by atoms with Gasteiger partial charge in [-0.25, -0.2) is 4.98 Å². The molecule has 0 spiro atoms. The van der Waals surface area contributed by atoms with E-state index in [1.807, 2.05) is 24.0 Å². The maximum Gasteiger partial charge on any atom is 0.265 e. The molecule has 0 aliphatic carbocycles. The van der Waals surface area contributed by atoms with Crippen molar-refractivity contribution >= 4 is 17.2 Å². The number of aromatic nitrogens is 1. The zero-order valence-corrected chi connectivity index (χ0v) is 14.4. The first kappa shape index (κ1) is 16.0. The van der Waals surface area contributed by atoms with Crippen LogP contribution >= 0.6 is 11.3 Å². The molecule has 0 bridgehead atoms. The fourth-order valence-corrected chi connectivity index (χ4v) is 3.65. The smallest absolute Gasteiger partial charge is 0.265 e. The van der Waals surface area contributed by atoms with E-state index in [-0.39, 0.29) is 5.91 Å². The first-order valence-electron chi connectivity index (χ1n) is 8.02. The zero-order chi connectivity index (χ0) is 16.2. The third-order valence-electron chi connectivity index (χ3n) is 4.25. The normalized spacial score (nSPS) is 18.0. The number of carbonyl (C=O) groups is 1. The number of piperidine rings is 1. The van der Waals surface area contributed by atoms with Gasteiger partial charge in [0.2, 0.25) is 0 Å². The Morgan fingerprint density at radius 2 is 2.13 bits per heavy atom. The topological polar surface area (TPSA) is 42.4 Å². The van der Waals surface area contributed by atoms with Crippen LogP contribution in [0.2, 0.25) is 0 Å². The Balaban J connectivity index is 1.57. The van der Waals surface area contributed by atoms with Crippen LogP contribution in [0.5, 0.6) is 5.75 Å². The lowest BCUT2D eigenvalue weighted by atomic mass is 9.98. The second-order valence-corrected chi connectivity index (χ2v) is 7.01. The molecule has 1 aromatic carbocycles. The van der Waals surface area contributed by atoms with E-state index in [4.69, 9.17) is 4.74 Å². The van der Waals surface area contributed by atoms with Gasteiger partial charge in [0.15, 0.2) is 0 Å². The summed E-state index contributed by atoms with van der Waals surface area (Å²) in [6.07, 6.45) is 2.14. The van der Waals surface area contributed by atoms with Gasteiger partial charge < -0.3 is 9.64 Å². The summed E-state index contributed by atoms with van der Waals surface area (Å²) in [5.74, 6) is 1.41. The van der Waals surface area contributed by atoms with Gasteiger partial charge in [0.05, 0.1) is 17.8 Å². The van der Waals surface area contributed by atoms with Crippen LogP contribution in [0.1, 0.15) is 33.8 Å². The van der Waals surface area contributed by atoms with Gasteiger partial charge >= 0.3 is 0 Å². The van der Waals surface area contributed by atoms with Gasteiger partial charge in [0.25, 0.3) is 5.91 Å². The van der Waals surface area contributed by atoms with E-state index in [0.29, 0.717) is 12.5 Å². The number of thiazole rings is 1. The molecular formula is C18H22N2O2S. The van der Waals surface area contributed by atoms with Crippen LogP contribution in [-0.4, -0.2) is 35.5 Å². The second kappa shape index (κ2) is 7.13. The van der Waals surface area contributed by atoms with Crippen molar-refractivity contribution in [2.45, 2.75) is 26.7 Å². The molecule has 0 saturated carbocycles. The fraction of sp³-hybridized carbons (Fsp3) is 0.444. The number of amides is 1. The van der Waals surface area contributed by atoms with Crippen LogP contribution < -0.4 is 4.74 Å². The molecule has 3 rings (SSSR count). The highest BCUT2D eigenvalue weighted by atomic mass is 32.1. The summed E-state index contributed by atoms with van der Waals surface area (Å²) in [5.41, 5.74) is 3.80. The van der Waals surface area contributed by atoms with Crippen molar-refractivity contribution < 1.29 is 9.53 Å². The van der Waals surface area contributed by atoms with Gasteiger partial charge in [-0.05, 0) is 38.8 Å². The maximum absolute atomic E-state index is 12.6. The molecule has 2 heterocycles. The van der Waals surface area contributed by atoms with Crippen molar-refractivity contribution in [1.82, 2.24) is 9.88 Å². The van der Waals surface area contributed by atoms with Crippen LogP contribution in [0.15, 0.2) is 29.8 Å². The highest BCUT2D eigenvalue weighted by Crippen LogP contribution is 2.22. The summed E-state index contributed by atoms with van der Waals surface area (Å²) in [6, 6.07) is 8.11. The molecule has 1 aliphatic rings. The fourth-order valence-electron chi connectivity index (χ4n) is 2.88. The predicted molar refractivity (Wildman–Crippen MR) is 92.2 cm³/mol. The molecule has 0 unspecified atom stereocenters. The van der Waals surface area contributed by atoms with Gasteiger partial charge in [0, 0.05) is 19.0 Å². The molecule has 1 aromatic heterocycles. The Hall–Kier alpha value is -1.88. The van der Waals surface area contributed by atoms with Crippen molar-refractivity contribution in [2.75, 3.05) is 19.7 Å². The lowest BCUT2D eigenvalue weighted by molar-refractivity contribution is 0.0637. The Labute approximate surface area is 141 Å². The van der Waals surface area contributed by atoms with Crippen LogP contribution in [0.4, 0.5) is 0 Å². The van der Waals surface area contributed by atoms with Gasteiger partial charge in [0.1, 0.15) is 10.6 Å². The van der Waals surface area contributed by atoms with Gasteiger partial charge in [-0.3, -0.25) is 4.79 Å². The summed E-state index contributed by atoms with van der Waals surface area (Å²) in [6.45, 7) is 6.22. The molecular weight excluding hydrogens is 308 g/mol. The summed E-state index contributed by atoms with van der Waals surface area (Å²) in [5, 5.41) is 0. The molecule has 23 heavy (non-hydrogen) atoms. The van der Waals surface area contributed by atoms with E-state index < -0.39 is 0 Å². The minimum atomic E-state index is 0.116. The second-order valence-electron chi connectivity index (χ2n) is 6.15. The van der Waals surface area contributed by atoms with Gasteiger partial charge in [-0.15, -0.1) is 11.3 Å². The SMILES string of the molecule is Cc1ccc(OC[C@H]2CCCN(C(=O)c3scnc3C)C2)cc1. The molecule has 2 aromatic rings. The summed E-state index contributed by atoms with van der Waals surface area (Å²) < 4.78 is 5.90. The van der Waals surface area contributed by atoms with Gasteiger partial charge in [-0.2, -0.15) is 0 Å². The monoisotopic (exact) mass is 330 g/mol. The summed E-state index contributed by atoms with van der Waals surface area (Å²) in [4.78, 5) is 19.5. The van der Waals surface area contributed by atoms with Crippen molar-refractivity contribution in [3.05, 3.63) is 45.9 Å². The Bertz CT molecular complexity index is 666. The summed E-state index contributed by atoms with van der Waals surface area (Å²) >= 11 is 1.43. The maximum atomic E-state index is 12.6. The third-order valence-corrected chi connectivity index (χ3v) is 5.17. The van der Waals surface area contributed by atoms with Crippen molar-refractivity contribution in [3.63, 3.8) is 0 Å². The first-order chi connectivity index (χ1) is 11.1. The van der Waals surface area contributed by atoms with Crippen LogP contribution in [0.25, 0.3) is 0 Å². The number of hydrogen-bond donors (Lipinski definition) is 0. The van der Waals surface area contributed by atoms with Crippen molar-refractivity contribution in [2.24, 2.45) is 5.92 Å². The van der Waals surface area contributed by atoms with Crippen LogP contribution in [0.3, 0.4) is 0 Å². The number of carbonyl (C=O) groups excluding carboxylic acids is 1. The highest BCUT2D eigenvalue weighted by molar-refractivity contribution is 7.11. The quantitative estimate of drug-likeness (QED) is 0.858. The minimum Gasteiger partial charge on any atom is -0.493 e. The van der Waals surface area contributed by atoms with Crippen LogP contribution in [0, 0.1) is 19.8 Å². The number of aryl methyl sites for hydroxylation is 2. The first-order valence-corrected chi connectivity index (χ1v) is 8.90. The number of ether oxygens (including phenoxy) is 1. The van der Waals surface area contributed by atoms with Gasteiger partial charge in [-0.1, -0.05) is 17.7 Å². The lowest BCUT2D eigenvalue weighted by Crippen LogP contribution is -2.41. The number of benzene rings is 1. The summed E-state index contributed by atoms with van der Waals surface area (Å²) in [7, 11) is 0. The van der Waals surface area contributed by atoms with Crippen molar-refractivity contribution in [3.8, 4) is 5.75 Å². The van der Waals surface area contributed by atoms with E-state index in [9.17, 15) is 4.79 Å². The molecule has 1 fully saturated rings. The third kappa shape index (κ3) is 3.91. The average Bonchev–Trinajstić information content (AvgIpc) is 3.00. The molecule has 0 radical (unpaired) electrons. The number of nitrogens with zero attached hydrogens (tertiary/aromatic N) is 2. The molecule has 4 nitrogen and oxygen atoms in total. The Morgan fingerprint density at radius 1 is 1.35 bits per heavy atom. The minimum absolute atomic E-state index is 0.116. The van der Waals surface area contributed by atoms with Crippen LogP contribution in [-0.2, 0) is 0 Å². The molecule has 0 N–H and O–H groups in total. The lowest BCUT2D eigenvalue weighted by Gasteiger charge is -2.32. The number of rotatable bonds is 4. The molecule has 1 atom stereocenters. The standard InChI is InChI=1S/C18H22N2O2S/c1-13-5-7-16(8-6-13)22-11-15-4-3-9-20(10-15)18(21)17-14(2)19-12-23-17/h5-8,12,15H,3-4,9-11H2,1-2H3/t15-/m0/s1. The molecule has 1 amide bonds. The van der Waals surface area contributed by atoms with E-state index in [1.54, 1.807) is 5.51 Å². The molecule has 122 valence electrons. The highest BCUT2D eigenvalue weighted by Gasteiger charge is 2.26. The Morgan fingerprint density at radius 3 is 2.83 bits per heavy atom. The Kier molecular flexibility index (Phi) is 4.96. The average molecular weight is 330 g/mol. The van der Waals surface area contributed by atoms with E-state index in [2.05, 4.69) is 24.0 Å². The number of hydrogen-bond acceptors (Lipinski definition) is 4. The van der Waals surface area contributed by atoms with E-state index >= 15 is 0 Å². The zero-order valence-electron chi connectivity index (χ0n) is 13.6. The molecule has 5 heteroatoms. The van der Waals surface area contributed by atoms with E-state index in [0.717, 1.165) is 42.3 Å².